The van der Waals surface area contributed by atoms with E-state index in [0.717, 1.165) is 10.2 Å². The Labute approximate surface area is 191 Å². The average Bonchev–Trinajstić information content (AvgIpc) is 3.15. The standard InChI is InChI=1S/C19H16N6O6S2/c26-15(27)11-5-1-3-7-13(11)31-18-23-16(20-9-10-33(28,29)30)22-17(24-18)25-19-21-12-6-2-4-8-14(12)32-19/h1-8H,9-10H2,(H,26,27)(H,28,29,30)(H2,20,21,22,23,24,25). The number of ether oxygens (including phenoxy) is 1. The lowest BCUT2D eigenvalue weighted by Crippen LogP contribution is -2.16. The van der Waals surface area contributed by atoms with Gasteiger partial charge in [-0.1, -0.05) is 35.6 Å². The van der Waals surface area contributed by atoms with E-state index >= 15 is 0 Å². The fraction of sp³-hybridized carbons (Fsp3) is 0.105. The normalized spacial score (nSPS) is 11.3. The van der Waals surface area contributed by atoms with Crippen LogP contribution in [0.2, 0.25) is 0 Å². The fourth-order valence-corrected chi connectivity index (χ4v) is 3.90. The molecule has 0 unspecified atom stereocenters. The Hall–Kier alpha value is -3.88. The molecule has 4 aromatic rings. The third-order valence-electron chi connectivity index (χ3n) is 4.09. The molecule has 0 bridgehead atoms. The van der Waals surface area contributed by atoms with E-state index in [0.29, 0.717) is 5.13 Å². The number of carboxylic acid groups (broad SMARTS) is 1. The lowest BCUT2D eigenvalue weighted by atomic mass is 10.2. The van der Waals surface area contributed by atoms with Crippen molar-refractivity contribution in [3.8, 4) is 11.8 Å². The third-order valence-corrected chi connectivity index (χ3v) is 5.76. The van der Waals surface area contributed by atoms with Gasteiger partial charge in [0.25, 0.3) is 10.1 Å². The van der Waals surface area contributed by atoms with Crippen LogP contribution in [0.5, 0.6) is 11.8 Å². The van der Waals surface area contributed by atoms with Gasteiger partial charge in [0.2, 0.25) is 11.9 Å². The molecule has 0 saturated carbocycles. The maximum atomic E-state index is 11.5. The van der Waals surface area contributed by atoms with Crippen LogP contribution in [0.15, 0.2) is 48.5 Å². The molecule has 14 heteroatoms. The van der Waals surface area contributed by atoms with Crippen molar-refractivity contribution in [3.05, 3.63) is 54.1 Å². The van der Waals surface area contributed by atoms with Gasteiger partial charge in [-0.3, -0.25) is 9.87 Å². The van der Waals surface area contributed by atoms with E-state index in [4.69, 9.17) is 9.29 Å². The molecular formula is C19H16N6O6S2. The zero-order chi connectivity index (χ0) is 23.4. The van der Waals surface area contributed by atoms with Crippen LogP contribution in [0, 0.1) is 0 Å². The molecule has 33 heavy (non-hydrogen) atoms. The minimum Gasteiger partial charge on any atom is -0.478 e. The van der Waals surface area contributed by atoms with Crippen LogP contribution in [0.25, 0.3) is 10.2 Å². The number of para-hydroxylation sites is 2. The van der Waals surface area contributed by atoms with Crippen molar-refractivity contribution in [3.63, 3.8) is 0 Å². The second-order valence-electron chi connectivity index (χ2n) is 6.49. The van der Waals surface area contributed by atoms with Crippen molar-refractivity contribution in [1.82, 2.24) is 19.9 Å². The first-order chi connectivity index (χ1) is 15.8. The van der Waals surface area contributed by atoms with Crippen LogP contribution in [-0.4, -0.2) is 56.3 Å². The molecule has 0 atom stereocenters. The Morgan fingerprint density at radius 3 is 2.48 bits per heavy atom. The highest BCUT2D eigenvalue weighted by molar-refractivity contribution is 7.85. The number of fused-ring (bicyclic) bond motifs is 1. The Bertz CT molecular complexity index is 1390. The van der Waals surface area contributed by atoms with E-state index in [-0.39, 0.29) is 35.8 Å². The summed E-state index contributed by atoms with van der Waals surface area (Å²) in [6.07, 6.45) is 0. The van der Waals surface area contributed by atoms with Crippen molar-refractivity contribution in [1.29, 1.82) is 0 Å². The zero-order valence-electron chi connectivity index (χ0n) is 16.7. The minimum absolute atomic E-state index is 0.00558. The first-order valence-electron chi connectivity index (χ1n) is 9.35. The molecule has 0 radical (unpaired) electrons. The topological polar surface area (TPSA) is 177 Å². The van der Waals surface area contributed by atoms with Crippen LogP contribution in [-0.2, 0) is 10.1 Å². The SMILES string of the molecule is O=C(O)c1ccccc1Oc1nc(NCCS(=O)(=O)O)nc(Nc2nc3ccccc3s2)n1. The molecule has 170 valence electrons. The van der Waals surface area contributed by atoms with E-state index in [2.05, 4.69) is 30.6 Å². The number of nitrogens with one attached hydrogen (secondary N) is 2. The summed E-state index contributed by atoms with van der Waals surface area (Å²) >= 11 is 1.36. The maximum absolute atomic E-state index is 11.5. The highest BCUT2D eigenvalue weighted by Gasteiger charge is 2.16. The lowest BCUT2D eigenvalue weighted by molar-refractivity contribution is 0.0694. The number of hydrogen-bond acceptors (Lipinski definition) is 11. The molecule has 2 heterocycles. The minimum atomic E-state index is -4.20. The van der Waals surface area contributed by atoms with Gasteiger partial charge in [0.15, 0.2) is 5.13 Å². The van der Waals surface area contributed by atoms with Gasteiger partial charge in [0, 0.05) is 6.54 Å². The van der Waals surface area contributed by atoms with Crippen LogP contribution < -0.4 is 15.4 Å². The fourth-order valence-electron chi connectivity index (χ4n) is 2.68. The molecule has 0 aliphatic carbocycles. The number of benzene rings is 2. The number of nitrogens with zero attached hydrogens (tertiary/aromatic N) is 4. The van der Waals surface area contributed by atoms with Crippen LogP contribution in [0.3, 0.4) is 0 Å². The Morgan fingerprint density at radius 2 is 1.73 bits per heavy atom. The van der Waals surface area contributed by atoms with Gasteiger partial charge >= 0.3 is 12.0 Å². The van der Waals surface area contributed by atoms with E-state index in [9.17, 15) is 18.3 Å². The zero-order valence-corrected chi connectivity index (χ0v) is 18.3. The molecular weight excluding hydrogens is 472 g/mol. The molecule has 0 fully saturated rings. The molecule has 4 rings (SSSR count). The van der Waals surface area contributed by atoms with Crippen molar-refractivity contribution < 1.29 is 27.6 Å². The van der Waals surface area contributed by atoms with E-state index in [1.54, 1.807) is 12.1 Å². The summed E-state index contributed by atoms with van der Waals surface area (Å²) in [6, 6.07) is 13.2. The van der Waals surface area contributed by atoms with Gasteiger partial charge in [0.05, 0.1) is 16.0 Å². The van der Waals surface area contributed by atoms with Gasteiger partial charge in [0.1, 0.15) is 11.3 Å². The molecule has 0 aliphatic rings. The van der Waals surface area contributed by atoms with Crippen molar-refractivity contribution >= 4 is 54.7 Å². The molecule has 0 aliphatic heterocycles. The van der Waals surface area contributed by atoms with Gasteiger partial charge in [-0.2, -0.15) is 23.4 Å². The Morgan fingerprint density at radius 1 is 1.00 bits per heavy atom. The quantitative estimate of drug-likeness (QED) is 0.254. The molecule has 2 aromatic carbocycles. The number of aromatic nitrogens is 4. The molecule has 0 amide bonds. The number of carboxylic acids is 1. The summed E-state index contributed by atoms with van der Waals surface area (Å²) in [5.41, 5.74) is 0.678. The van der Waals surface area contributed by atoms with Crippen LogP contribution >= 0.6 is 11.3 Å². The molecule has 0 spiro atoms. The second kappa shape index (κ2) is 9.32. The number of aromatic carboxylic acids is 1. The van der Waals surface area contributed by atoms with Crippen molar-refractivity contribution in [2.24, 2.45) is 0 Å². The van der Waals surface area contributed by atoms with Crippen molar-refractivity contribution in [2.45, 2.75) is 0 Å². The van der Waals surface area contributed by atoms with E-state index in [1.165, 1.54) is 23.5 Å². The predicted octanol–water partition coefficient (Wildman–Crippen LogP) is 3.02. The van der Waals surface area contributed by atoms with Crippen LogP contribution in [0.4, 0.5) is 17.0 Å². The summed E-state index contributed by atoms with van der Waals surface area (Å²) in [4.78, 5) is 28.3. The molecule has 4 N–H and O–H groups in total. The average molecular weight is 489 g/mol. The first-order valence-corrected chi connectivity index (χ1v) is 11.8. The Balaban J connectivity index is 1.64. The maximum Gasteiger partial charge on any atom is 0.339 e. The van der Waals surface area contributed by atoms with Gasteiger partial charge in [-0.05, 0) is 24.3 Å². The number of anilines is 3. The summed E-state index contributed by atoms with van der Waals surface area (Å²) in [5.74, 6) is -1.79. The number of thiazole rings is 1. The summed E-state index contributed by atoms with van der Waals surface area (Å²) in [5, 5.41) is 15.5. The first kappa shape index (κ1) is 22.3. The highest BCUT2D eigenvalue weighted by atomic mass is 32.2. The number of hydrogen-bond donors (Lipinski definition) is 4. The van der Waals surface area contributed by atoms with E-state index < -0.39 is 21.8 Å². The van der Waals surface area contributed by atoms with E-state index in [1.807, 2.05) is 24.3 Å². The monoisotopic (exact) mass is 488 g/mol. The Kier molecular flexibility index (Phi) is 6.30. The highest BCUT2D eigenvalue weighted by Crippen LogP contribution is 2.29. The summed E-state index contributed by atoms with van der Waals surface area (Å²) < 4.78 is 37.4. The summed E-state index contributed by atoms with van der Waals surface area (Å²) in [6.45, 7) is -0.186. The molecule has 12 nitrogen and oxygen atoms in total. The van der Waals surface area contributed by atoms with Gasteiger partial charge in [-0.15, -0.1) is 0 Å². The predicted molar refractivity (Wildman–Crippen MR) is 121 cm³/mol. The molecule has 0 saturated heterocycles. The van der Waals surface area contributed by atoms with Crippen LogP contribution in [0.1, 0.15) is 10.4 Å². The lowest BCUT2D eigenvalue weighted by Gasteiger charge is -2.10. The molecule has 2 aromatic heterocycles. The van der Waals surface area contributed by atoms with Crippen molar-refractivity contribution in [2.75, 3.05) is 22.9 Å². The largest absolute Gasteiger partial charge is 0.478 e. The number of carbonyl (C=O) groups is 1. The van der Waals surface area contributed by atoms with Gasteiger partial charge < -0.3 is 15.2 Å². The number of rotatable bonds is 9. The third kappa shape index (κ3) is 5.88. The summed E-state index contributed by atoms with van der Waals surface area (Å²) in [7, 11) is -4.20. The smallest absolute Gasteiger partial charge is 0.339 e. The van der Waals surface area contributed by atoms with Gasteiger partial charge in [-0.25, -0.2) is 9.78 Å². The second-order valence-corrected chi connectivity index (χ2v) is 9.10.